The molecule has 2 N–H and O–H groups in total. The average molecular weight is 397 g/mol. The quantitative estimate of drug-likeness (QED) is 0.482. The van der Waals surface area contributed by atoms with E-state index in [-0.39, 0.29) is 0 Å². The van der Waals surface area contributed by atoms with E-state index >= 15 is 0 Å². The predicted octanol–water partition coefficient (Wildman–Crippen LogP) is 4.05. The van der Waals surface area contributed by atoms with Crippen molar-refractivity contribution >= 4 is 21.8 Å². The second kappa shape index (κ2) is 6.77. The predicted molar refractivity (Wildman–Crippen MR) is 119 cm³/mol. The van der Waals surface area contributed by atoms with Crippen molar-refractivity contribution in [2.75, 3.05) is 7.11 Å². The van der Waals surface area contributed by atoms with Gasteiger partial charge in [0.1, 0.15) is 11.4 Å². The highest BCUT2D eigenvalue weighted by Gasteiger charge is 2.20. The maximum Gasteiger partial charge on any atom is 0.329 e. The number of hydrogen-bond donors (Lipinski definition) is 2. The lowest BCUT2D eigenvalue weighted by molar-refractivity contribution is 0.415. The summed E-state index contributed by atoms with van der Waals surface area (Å²) in [7, 11) is 3.25. The molecule has 5 aromatic rings. The molecule has 5 rings (SSSR count). The zero-order valence-corrected chi connectivity index (χ0v) is 16.5. The van der Waals surface area contributed by atoms with Crippen molar-refractivity contribution in [1.82, 2.24) is 14.5 Å². The van der Waals surface area contributed by atoms with Crippen molar-refractivity contribution in [2.24, 2.45) is 7.05 Å². The minimum absolute atomic E-state index is 0.415. The lowest BCUT2D eigenvalue weighted by atomic mass is 9.97. The van der Waals surface area contributed by atoms with Crippen LogP contribution in [0.1, 0.15) is 0 Å². The second-order valence-corrected chi connectivity index (χ2v) is 7.21. The average Bonchev–Trinajstić information content (AvgIpc) is 3.18. The highest BCUT2D eigenvalue weighted by atomic mass is 16.5. The lowest BCUT2D eigenvalue weighted by Gasteiger charge is -2.08. The Morgan fingerprint density at radius 3 is 2.27 bits per heavy atom. The Hall–Kier alpha value is -4.06. The Morgan fingerprint density at radius 1 is 0.833 bits per heavy atom. The number of rotatable bonds is 3. The molecule has 0 fully saturated rings. The van der Waals surface area contributed by atoms with E-state index in [9.17, 15) is 9.59 Å². The van der Waals surface area contributed by atoms with Crippen molar-refractivity contribution in [1.29, 1.82) is 0 Å². The van der Waals surface area contributed by atoms with E-state index < -0.39 is 11.2 Å². The maximum atomic E-state index is 12.8. The van der Waals surface area contributed by atoms with E-state index in [2.05, 4.69) is 34.2 Å². The summed E-state index contributed by atoms with van der Waals surface area (Å²) in [6.45, 7) is 0. The first-order chi connectivity index (χ1) is 14.6. The summed E-state index contributed by atoms with van der Waals surface area (Å²) in [6.07, 6.45) is 0. The lowest BCUT2D eigenvalue weighted by Crippen LogP contribution is -2.28. The third-order valence-corrected chi connectivity index (χ3v) is 5.48. The summed E-state index contributed by atoms with van der Waals surface area (Å²) in [5, 5.41) is 2.68. The number of H-pyrrole nitrogens is 2. The van der Waals surface area contributed by atoms with Crippen LogP contribution in [0.5, 0.6) is 5.75 Å². The molecule has 6 heteroatoms. The molecule has 0 radical (unpaired) electrons. The number of methoxy groups -OCH3 is 1. The number of nitrogens with zero attached hydrogens (tertiary/aromatic N) is 1. The molecule has 0 spiro atoms. The molecule has 0 bridgehead atoms. The summed E-state index contributed by atoms with van der Waals surface area (Å²) in [5.41, 5.74) is 2.93. The molecule has 2 heterocycles. The first kappa shape index (κ1) is 18.0. The second-order valence-electron chi connectivity index (χ2n) is 7.21. The number of aromatic nitrogens is 3. The van der Waals surface area contributed by atoms with E-state index in [1.807, 2.05) is 42.5 Å². The van der Waals surface area contributed by atoms with Gasteiger partial charge < -0.3 is 9.72 Å². The highest BCUT2D eigenvalue weighted by Crippen LogP contribution is 2.37. The van der Waals surface area contributed by atoms with Gasteiger partial charge in [0, 0.05) is 12.6 Å². The summed E-state index contributed by atoms with van der Waals surface area (Å²) >= 11 is 0. The molecule has 0 aliphatic carbocycles. The third kappa shape index (κ3) is 2.73. The molecular formula is C24H19N3O3. The van der Waals surface area contributed by atoms with Gasteiger partial charge in [-0.15, -0.1) is 0 Å². The van der Waals surface area contributed by atoms with E-state index in [0.29, 0.717) is 11.0 Å². The Balaban J connectivity index is 1.88. The minimum Gasteiger partial charge on any atom is -0.497 e. The molecular weight excluding hydrogens is 378 g/mol. The highest BCUT2D eigenvalue weighted by molar-refractivity contribution is 6.03. The van der Waals surface area contributed by atoms with Crippen LogP contribution in [0.4, 0.5) is 0 Å². The number of aromatic amines is 2. The standard InChI is InChI=1S/C24H19N3O3/c1-27-22-20(23(28)26-24(27)29)19(15-9-11-18(30-2)12-10-15)21(25-22)17-8-7-14-5-3-4-6-16(14)13-17/h3-13,25H,1-2H3,(H,26,28,29). The monoisotopic (exact) mass is 397 g/mol. The Kier molecular flexibility index (Phi) is 4.06. The van der Waals surface area contributed by atoms with Crippen LogP contribution in [0.25, 0.3) is 44.2 Å². The van der Waals surface area contributed by atoms with Gasteiger partial charge in [-0.05, 0) is 40.1 Å². The molecule has 0 unspecified atom stereocenters. The largest absolute Gasteiger partial charge is 0.497 e. The van der Waals surface area contributed by atoms with Gasteiger partial charge in [-0.25, -0.2) is 4.79 Å². The molecule has 2 aromatic heterocycles. The van der Waals surface area contributed by atoms with E-state index in [0.717, 1.165) is 38.9 Å². The van der Waals surface area contributed by atoms with Crippen LogP contribution in [-0.4, -0.2) is 21.6 Å². The fraction of sp³-hybridized carbons (Fsp3) is 0.0833. The van der Waals surface area contributed by atoms with Crippen LogP contribution in [0, 0.1) is 0 Å². The number of hydrogen-bond acceptors (Lipinski definition) is 3. The molecule has 3 aromatic carbocycles. The number of ether oxygens (including phenoxy) is 1. The number of nitrogens with one attached hydrogen (secondary N) is 2. The molecule has 0 saturated heterocycles. The molecule has 0 atom stereocenters. The van der Waals surface area contributed by atoms with Crippen molar-refractivity contribution in [3.8, 4) is 28.1 Å². The van der Waals surface area contributed by atoms with Gasteiger partial charge in [0.2, 0.25) is 0 Å². The number of fused-ring (bicyclic) bond motifs is 2. The zero-order valence-electron chi connectivity index (χ0n) is 16.5. The van der Waals surface area contributed by atoms with E-state index in [1.165, 1.54) is 4.57 Å². The Morgan fingerprint density at radius 2 is 1.53 bits per heavy atom. The molecule has 6 nitrogen and oxygen atoms in total. The van der Waals surface area contributed by atoms with Gasteiger partial charge in [0.05, 0.1) is 18.2 Å². The molecule has 148 valence electrons. The molecule has 0 aliphatic rings. The van der Waals surface area contributed by atoms with Gasteiger partial charge >= 0.3 is 5.69 Å². The van der Waals surface area contributed by atoms with Crippen LogP contribution in [0.3, 0.4) is 0 Å². The topological polar surface area (TPSA) is 79.9 Å². The minimum atomic E-state index is -0.458. The van der Waals surface area contributed by atoms with Crippen molar-refractivity contribution in [2.45, 2.75) is 0 Å². The van der Waals surface area contributed by atoms with Crippen molar-refractivity contribution in [3.63, 3.8) is 0 Å². The van der Waals surface area contributed by atoms with Crippen LogP contribution >= 0.6 is 0 Å². The number of benzene rings is 3. The van der Waals surface area contributed by atoms with Gasteiger partial charge in [-0.1, -0.05) is 48.5 Å². The van der Waals surface area contributed by atoms with Crippen LogP contribution in [-0.2, 0) is 7.05 Å². The third-order valence-electron chi connectivity index (χ3n) is 5.48. The molecule has 0 saturated carbocycles. The smallest absolute Gasteiger partial charge is 0.329 e. The molecule has 30 heavy (non-hydrogen) atoms. The van der Waals surface area contributed by atoms with Crippen LogP contribution in [0.15, 0.2) is 76.3 Å². The van der Waals surface area contributed by atoms with Gasteiger partial charge in [0.15, 0.2) is 0 Å². The molecule has 0 amide bonds. The first-order valence-corrected chi connectivity index (χ1v) is 9.55. The van der Waals surface area contributed by atoms with Gasteiger partial charge in [-0.3, -0.25) is 14.3 Å². The Bertz CT molecular complexity index is 1520. The summed E-state index contributed by atoms with van der Waals surface area (Å²) in [4.78, 5) is 30.7. The van der Waals surface area contributed by atoms with Crippen LogP contribution in [0.2, 0.25) is 0 Å². The summed E-state index contributed by atoms with van der Waals surface area (Å²) in [6, 6.07) is 21.8. The summed E-state index contributed by atoms with van der Waals surface area (Å²) < 4.78 is 6.70. The fourth-order valence-electron chi connectivity index (χ4n) is 3.91. The Labute approximate surface area is 171 Å². The number of aryl methyl sites for hydroxylation is 1. The van der Waals surface area contributed by atoms with Gasteiger partial charge in [-0.2, -0.15) is 0 Å². The van der Waals surface area contributed by atoms with Gasteiger partial charge in [0.25, 0.3) is 5.56 Å². The maximum absolute atomic E-state index is 12.8. The zero-order chi connectivity index (χ0) is 20.8. The van der Waals surface area contributed by atoms with Crippen LogP contribution < -0.4 is 16.0 Å². The normalized spacial score (nSPS) is 11.3. The summed E-state index contributed by atoms with van der Waals surface area (Å²) in [5.74, 6) is 0.729. The first-order valence-electron chi connectivity index (χ1n) is 9.55. The van der Waals surface area contributed by atoms with E-state index in [1.54, 1.807) is 14.2 Å². The van der Waals surface area contributed by atoms with Crippen molar-refractivity contribution < 1.29 is 4.74 Å². The molecule has 0 aliphatic heterocycles. The SMILES string of the molecule is COc1ccc(-c2c(-c3ccc4ccccc4c3)[nH]c3c2c(=O)[nH]c(=O)n3C)cc1. The van der Waals surface area contributed by atoms with E-state index in [4.69, 9.17) is 4.74 Å². The fourth-order valence-corrected chi connectivity index (χ4v) is 3.91. The van der Waals surface area contributed by atoms with Crippen molar-refractivity contribution in [3.05, 3.63) is 87.6 Å².